The smallest absolute Gasteiger partial charge is 0.267 e. The number of aliphatic hydroxyl groups is 1. The summed E-state index contributed by atoms with van der Waals surface area (Å²) in [5, 5.41) is 17.8. The average molecular weight is 346 g/mol. The Morgan fingerprint density at radius 3 is 2.80 bits per heavy atom. The fraction of sp³-hybridized carbons (Fsp3) is 0.471. The summed E-state index contributed by atoms with van der Waals surface area (Å²) in [4.78, 5) is 28.4. The van der Waals surface area contributed by atoms with Crippen LogP contribution < -0.4 is 15.6 Å². The van der Waals surface area contributed by atoms with Gasteiger partial charge in [-0.1, -0.05) is 0 Å². The van der Waals surface area contributed by atoms with Crippen molar-refractivity contribution in [3.63, 3.8) is 0 Å². The summed E-state index contributed by atoms with van der Waals surface area (Å²) in [6, 6.07) is 1.55. The summed E-state index contributed by atoms with van der Waals surface area (Å²) in [7, 11) is 1.56. The number of methoxy groups -OCH3 is 1. The third-order valence-corrected chi connectivity index (χ3v) is 4.69. The first-order chi connectivity index (χ1) is 12.0. The topological polar surface area (TPSA) is 120 Å². The lowest BCUT2D eigenvalue weighted by Gasteiger charge is -2.38. The highest BCUT2D eigenvalue weighted by molar-refractivity contribution is 5.79. The molecule has 1 fully saturated rings. The van der Waals surface area contributed by atoms with Gasteiger partial charge in [0.15, 0.2) is 0 Å². The van der Waals surface area contributed by atoms with E-state index in [-0.39, 0.29) is 36.0 Å². The number of hydrogen-bond donors (Lipinski definition) is 4. The Morgan fingerprint density at radius 2 is 2.20 bits per heavy atom. The summed E-state index contributed by atoms with van der Waals surface area (Å²) in [5.74, 6) is 0.482. The molecule has 134 valence electrons. The molecule has 8 heteroatoms. The van der Waals surface area contributed by atoms with Crippen molar-refractivity contribution in [3.8, 4) is 5.75 Å². The molecule has 1 saturated carbocycles. The number of nitrogens with one attached hydrogen (secondary N) is 3. The molecule has 2 heterocycles. The van der Waals surface area contributed by atoms with Gasteiger partial charge in [0.1, 0.15) is 5.75 Å². The van der Waals surface area contributed by atoms with Crippen molar-refractivity contribution < 1.29 is 14.6 Å². The van der Waals surface area contributed by atoms with E-state index in [1.807, 2.05) is 6.07 Å². The molecule has 2 aromatic heterocycles. The summed E-state index contributed by atoms with van der Waals surface area (Å²) >= 11 is 0. The number of hydrogen-bond acceptors (Lipinski definition) is 5. The van der Waals surface area contributed by atoms with Crippen LogP contribution in [0, 0.1) is 12.8 Å². The molecule has 8 nitrogen and oxygen atoms in total. The molecule has 0 radical (unpaired) electrons. The van der Waals surface area contributed by atoms with Gasteiger partial charge in [-0.3, -0.25) is 19.7 Å². The Morgan fingerprint density at radius 1 is 1.44 bits per heavy atom. The molecule has 0 aromatic carbocycles. The summed E-state index contributed by atoms with van der Waals surface area (Å²) in [6.07, 6.45) is 4.18. The van der Waals surface area contributed by atoms with Crippen molar-refractivity contribution in [2.75, 3.05) is 7.11 Å². The van der Waals surface area contributed by atoms with E-state index in [2.05, 4.69) is 20.5 Å². The summed E-state index contributed by atoms with van der Waals surface area (Å²) in [5.41, 5.74) is 1.61. The predicted octanol–water partition coefficient (Wildman–Crippen LogP) is 0.586. The molecule has 0 spiro atoms. The Balaban J connectivity index is 1.78. The number of aromatic nitrogens is 3. The third-order valence-electron chi connectivity index (χ3n) is 4.69. The van der Waals surface area contributed by atoms with Gasteiger partial charge in [0.2, 0.25) is 5.91 Å². The van der Waals surface area contributed by atoms with Crippen LogP contribution in [0.1, 0.15) is 35.7 Å². The minimum absolute atomic E-state index is 0.00611. The molecule has 0 unspecified atom stereocenters. The van der Waals surface area contributed by atoms with Gasteiger partial charge >= 0.3 is 0 Å². The highest BCUT2D eigenvalue weighted by Gasteiger charge is 2.36. The van der Waals surface area contributed by atoms with Crippen LogP contribution in [0.15, 0.2) is 23.3 Å². The third kappa shape index (κ3) is 3.74. The van der Waals surface area contributed by atoms with E-state index in [9.17, 15) is 14.7 Å². The minimum Gasteiger partial charge on any atom is -0.495 e. The van der Waals surface area contributed by atoms with Crippen molar-refractivity contribution >= 4 is 5.91 Å². The zero-order chi connectivity index (χ0) is 18.0. The molecule has 2 aromatic rings. The fourth-order valence-electron chi connectivity index (χ4n) is 3.16. The Kier molecular flexibility index (Phi) is 4.89. The Labute approximate surface area is 144 Å². The first-order valence-electron chi connectivity index (χ1n) is 8.20. The van der Waals surface area contributed by atoms with Crippen molar-refractivity contribution in [2.45, 2.75) is 38.3 Å². The van der Waals surface area contributed by atoms with Gasteiger partial charge < -0.3 is 20.3 Å². The second kappa shape index (κ2) is 7.10. The van der Waals surface area contributed by atoms with Crippen LogP contribution in [-0.4, -0.2) is 39.4 Å². The number of aromatic amines is 2. The maximum absolute atomic E-state index is 12.5. The van der Waals surface area contributed by atoms with E-state index in [1.54, 1.807) is 26.4 Å². The molecule has 1 amide bonds. The number of nitrogens with zero attached hydrogens (tertiary/aromatic N) is 1. The lowest BCUT2D eigenvalue weighted by Crippen LogP contribution is -2.42. The second-order valence-corrected chi connectivity index (χ2v) is 6.45. The van der Waals surface area contributed by atoms with Crippen LogP contribution in [0.4, 0.5) is 0 Å². The normalized spacial score (nSPS) is 20.6. The quantitative estimate of drug-likeness (QED) is 0.610. The summed E-state index contributed by atoms with van der Waals surface area (Å²) < 4.78 is 5.21. The summed E-state index contributed by atoms with van der Waals surface area (Å²) in [6.45, 7) is 1.74. The van der Waals surface area contributed by atoms with Gasteiger partial charge in [0.25, 0.3) is 5.56 Å². The van der Waals surface area contributed by atoms with Crippen LogP contribution >= 0.6 is 0 Å². The predicted molar refractivity (Wildman–Crippen MR) is 90.3 cm³/mol. The van der Waals surface area contributed by atoms with Crippen LogP contribution in [0.25, 0.3) is 0 Å². The molecular formula is C17H22N4O4. The maximum Gasteiger partial charge on any atom is 0.267 e. The minimum atomic E-state index is -0.335. The van der Waals surface area contributed by atoms with Crippen LogP contribution in [-0.2, 0) is 11.2 Å². The highest BCUT2D eigenvalue weighted by atomic mass is 16.5. The van der Waals surface area contributed by atoms with Crippen LogP contribution in [0.3, 0.4) is 0 Å². The molecule has 0 aliphatic heterocycles. The van der Waals surface area contributed by atoms with Gasteiger partial charge in [-0.25, -0.2) is 0 Å². The lowest BCUT2D eigenvalue weighted by molar-refractivity contribution is -0.122. The van der Waals surface area contributed by atoms with Gasteiger partial charge in [-0.05, 0) is 37.3 Å². The SMILES string of the molecule is COc1cncc([C@@H](NC(=O)Cc2c(C)[nH][nH]c2=O)C2CC(O)C2)c1. The van der Waals surface area contributed by atoms with E-state index in [0.29, 0.717) is 29.8 Å². The number of carbonyl (C=O) groups is 1. The monoisotopic (exact) mass is 346 g/mol. The van der Waals surface area contributed by atoms with Crippen LogP contribution in [0.5, 0.6) is 5.75 Å². The van der Waals surface area contributed by atoms with Crippen molar-refractivity contribution in [1.29, 1.82) is 0 Å². The number of rotatable bonds is 6. The van der Waals surface area contributed by atoms with Crippen LogP contribution in [0.2, 0.25) is 0 Å². The number of carbonyl (C=O) groups excluding carboxylic acids is 1. The van der Waals surface area contributed by atoms with E-state index >= 15 is 0 Å². The first-order valence-corrected chi connectivity index (χ1v) is 8.20. The number of amides is 1. The highest BCUT2D eigenvalue weighted by Crippen LogP contribution is 2.38. The molecule has 25 heavy (non-hydrogen) atoms. The van der Waals surface area contributed by atoms with Crippen molar-refractivity contribution in [2.24, 2.45) is 5.92 Å². The van der Waals surface area contributed by atoms with E-state index in [4.69, 9.17) is 4.74 Å². The average Bonchev–Trinajstić information content (AvgIpc) is 2.89. The second-order valence-electron chi connectivity index (χ2n) is 6.45. The number of H-pyrrole nitrogens is 2. The largest absolute Gasteiger partial charge is 0.495 e. The first kappa shape index (κ1) is 17.2. The fourth-order valence-corrected chi connectivity index (χ4v) is 3.16. The zero-order valence-corrected chi connectivity index (χ0v) is 14.2. The molecule has 3 rings (SSSR count). The number of pyridine rings is 1. The maximum atomic E-state index is 12.5. The molecule has 0 bridgehead atoms. The van der Waals surface area contributed by atoms with Gasteiger partial charge in [0, 0.05) is 17.5 Å². The zero-order valence-electron chi connectivity index (χ0n) is 14.2. The van der Waals surface area contributed by atoms with E-state index in [1.165, 1.54) is 0 Å². The Hall–Kier alpha value is -2.61. The molecule has 1 atom stereocenters. The van der Waals surface area contributed by atoms with Gasteiger partial charge in [-0.15, -0.1) is 0 Å². The number of aliphatic hydroxyl groups excluding tert-OH is 1. The lowest BCUT2D eigenvalue weighted by atomic mass is 9.75. The molecule has 0 saturated heterocycles. The van der Waals surface area contributed by atoms with Crippen molar-refractivity contribution in [3.05, 3.63) is 45.6 Å². The van der Waals surface area contributed by atoms with Crippen molar-refractivity contribution in [1.82, 2.24) is 20.5 Å². The molecule has 1 aliphatic rings. The molecule has 1 aliphatic carbocycles. The van der Waals surface area contributed by atoms with E-state index < -0.39 is 0 Å². The standard InChI is InChI=1S/C17H22N4O4/c1-9-14(17(24)21-20-9)6-15(23)19-16(10-3-12(22)4-10)11-5-13(25-2)8-18-7-11/h5,7-8,10,12,16,22H,3-4,6H2,1-2H3,(H,19,23)(H2,20,21,24)/t10?,12?,16-/m0/s1. The molecular weight excluding hydrogens is 324 g/mol. The van der Waals surface area contributed by atoms with E-state index in [0.717, 1.165) is 5.56 Å². The number of aryl methyl sites for hydroxylation is 1. The number of ether oxygens (including phenoxy) is 1. The molecule has 4 N–H and O–H groups in total. The van der Waals surface area contributed by atoms with Gasteiger partial charge in [-0.2, -0.15) is 0 Å². The Bertz CT molecular complexity index is 807. The van der Waals surface area contributed by atoms with Gasteiger partial charge in [0.05, 0.1) is 31.9 Å².